The van der Waals surface area contributed by atoms with E-state index in [-0.39, 0.29) is 0 Å². The lowest BCUT2D eigenvalue weighted by molar-refractivity contribution is -0.133. The molecule has 0 saturated carbocycles. The number of carbonyl (C=O) groups excluding carboxylic acids is 1. The average molecular weight is 232 g/mol. The van der Waals surface area contributed by atoms with E-state index in [1.165, 1.54) is 0 Å². The topological polar surface area (TPSA) is 44.8 Å². The van der Waals surface area contributed by atoms with Gasteiger partial charge in [-0.1, -0.05) is 19.9 Å². The summed E-state index contributed by atoms with van der Waals surface area (Å²) in [6.45, 7) is 10.0. The van der Waals surface area contributed by atoms with Crippen LogP contribution in [0.2, 0.25) is 6.04 Å². The van der Waals surface area contributed by atoms with Crippen LogP contribution in [0.1, 0.15) is 27.2 Å². The Morgan fingerprint density at radius 1 is 1.27 bits per heavy atom. The van der Waals surface area contributed by atoms with Gasteiger partial charge in [0.25, 0.3) is 0 Å². The van der Waals surface area contributed by atoms with E-state index < -0.39 is 14.8 Å². The first-order valence-corrected chi connectivity index (χ1v) is 7.20. The molecule has 0 atom stereocenters. The summed E-state index contributed by atoms with van der Waals surface area (Å²) >= 11 is 0. The molecular weight excluding hydrogens is 212 g/mol. The third kappa shape index (κ3) is 5.11. The van der Waals surface area contributed by atoms with Crippen LogP contribution in [0.15, 0.2) is 12.7 Å². The molecule has 0 aromatic heterocycles. The highest BCUT2D eigenvalue weighted by molar-refractivity contribution is 6.62. The van der Waals surface area contributed by atoms with Crippen molar-refractivity contribution < 1.29 is 18.1 Å². The highest BCUT2D eigenvalue weighted by Gasteiger charge is 2.43. The standard InChI is InChI=1S/C10H20O4Si/c1-5-9-15(12-7-3,13-8-4)14-10(11)6-2/h6H,2,5,7-9H2,1,3-4H3. The van der Waals surface area contributed by atoms with Gasteiger partial charge in [0.05, 0.1) is 0 Å². The van der Waals surface area contributed by atoms with Crippen LogP contribution in [0.25, 0.3) is 0 Å². The van der Waals surface area contributed by atoms with Crippen LogP contribution < -0.4 is 0 Å². The van der Waals surface area contributed by atoms with Crippen molar-refractivity contribution in [3.05, 3.63) is 12.7 Å². The van der Waals surface area contributed by atoms with Gasteiger partial charge in [-0.25, -0.2) is 4.79 Å². The van der Waals surface area contributed by atoms with Gasteiger partial charge >= 0.3 is 14.8 Å². The molecule has 0 aliphatic rings. The zero-order chi connectivity index (χ0) is 11.7. The second kappa shape index (κ2) is 7.61. The van der Waals surface area contributed by atoms with E-state index >= 15 is 0 Å². The lowest BCUT2D eigenvalue weighted by atomic mass is 10.6. The summed E-state index contributed by atoms with van der Waals surface area (Å²) in [6.07, 6.45) is 1.99. The Kier molecular flexibility index (Phi) is 7.28. The largest absolute Gasteiger partial charge is 0.568 e. The van der Waals surface area contributed by atoms with E-state index in [0.29, 0.717) is 19.3 Å². The summed E-state index contributed by atoms with van der Waals surface area (Å²) in [5, 5.41) is 0. The van der Waals surface area contributed by atoms with E-state index in [9.17, 15) is 4.79 Å². The van der Waals surface area contributed by atoms with Crippen LogP contribution in [-0.2, 0) is 18.1 Å². The number of hydrogen-bond donors (Lipinski definition) is 0. The number of hydrogen-bond acceptors (Lipinski definition) is 4. The molecule has 5 heteroatoms. The van der Waals surface area contributed by atoms with E-state index in [4.69, 9.17) is 13.3 Å². The lowest BCUT2D eigenvalue weighted by Crippen LogP contribution is -2.47. The van der Waals surface area contributed by atoms with Crippen LogP contribution in [0.5, 0.6) is 0 Å². The second-order valence-corrected chi connectivity index (χ2v) is 5.57. The van der Waals surface area contributed by atoms with Gasteiger partial charge in [0.15, 0.2) is 0 Å². The third-order valence-electron chi connectivity index (χ3n) is 1.71. The van der Waals surface area contributed by atoms with Crippen molar-refractivity contribution in [2.24, 2.45) is 0 Å². The monoisotopic (exact) mass is 232 g/mol. The highest BCUT2D eigenvalue weighted by atomic mass is 28.4. The average Bonchev–Trinajstić information content (AvgIpc) is 2.18. The Hall–Kier alpha value is -0.653. The Morgan fingerprint density at radius 3 is 2.13 bits per heavy atom. The molecule has 0 rings (SSSR count). The van der Waals surface area contributed by atoms with Crippen molar-refractivity contribution in [2.75, 3.05) is 13.2 Å². The van der Waals surface area contributed by atoms with E-state index in [1.807, 2.05) is 20.8 Å². The Balaban J connectivity index is 4.58. The molecular formula is C10H20O4Si. The zero-order valence-electron chi connectivity index (χ0n) is 9.75. The highest BCUT2D eigenvalue weighted by Crippen LogP contribution is 2.18. The maximum absolute atomic E-state index is 11.2. The van der Waals surface area contributed by atoms with Gasteiger partial charge in [-0.05, 0) is 13.8 Å². The minimum absolute atomic E-state index is 0.475. The van der Waals surface area contributed by atoms with Gasteiger partial charge in [-0.3, -0.25) is 0 Å². The molecule has 0 aliphatic carbocycles. The summed E-state index contributed by atoms with van der Waals surface area (Å²) in [5.74, 6) is -0.475. The van der Waals surface area contributed by atoms with Gasteiger partial charge < -0.3 is 13.3 Å². The minimum atomic E-state index is -2.80. The van der Waals surface area contributed by atoms with Crippen LogP contribution in [0.3, 0.4) is 0 Å². The van der Waals surface area contributed by atoms with Crippen LogP contribution in [-0.4, -0.2) is 28.0 Å². The Bertz CT molecular complexity index is 189. The summed E-state index contributed by atoms with van der Waals surface area (Å²) < 4.78 is 16.3. The maximum atomic E-state index is 11.2. The first-order valence-electron chi connectivity index (χ1n) is 5.27. The lowest BCUT2D eigenvalue weighted by Gasteiger charge is -2.27. The van der Waals surface area contributed by atoms with Gasteiger partial charge in [0, 0.05) is 25.3 Å². The molecule has 0 aromatic rings. The molecule has 0 unspecified atom stereocenters. The molecule has 0 spiro atoms. The van der Waals surface area contributed by atoms with Crippen LogP contribution in [0, 0.1) is 0 Å². The van der Waals surface area contributed by atoms with Gasteiger partial charge in [0.1, 0.15) is 0 Å². The minimum Gasteiger partial charge on any atom is -0.470 e. The quantitative estimate of drug-likeness (QED) is 0.475. The van der Waals surface area contributed by atoms with Crippen LogP contribution in [0.4, 0.5) is 0 Å². The molecule has 15 heavy (non-hydrogen) atoms. The fourth-order valence-corrected chi connectivity index (χ4v) is 3.71. The maximum Gasteiger partial charge on any atom is 0.568 e. The molecule has 0 heterocycles. The third-order valence-corrected chi connectivity index (χ3v) is 4.79. The fourth-order valence-electron chi connectivity index (χ4n) is 1.24. The van der Waals surface area contributed by atoms with Crippen molar-refractivity contribution in [1.82, 2.24) is 0 Å². The van der Waals surface area contributed by atoms with Gasteiger partial charge in [-0.15, -0.1) is 0 Å². The molecule has 0 fully saturated rings. The zero-order valence-corrected chi connectivity index (χ0v) is 10.7. The van der Waals surface area contributed by atoms with E-state index in [2.05, 4.69) is 6.58 Å². The summed E-state index contributed by atoms with van der Waals surface area (Å²) in [5.41, 5.74) is 0. The predicted molar refractivity (Wildman–Crippen MR) is 60.4 cm³/mol. The van der Waals surface area contributed by atoms with Crippen molar-refractivity contribution in [2.45, 2.75) is 33.2 Å². The van der Waals surface area contributed by atoms with E-state index in [1.54, 1.807) is 0 Å². The Labute approximate surface area is 92.6 Å². The first-order chi connectivity index (χ1) is 7.14. The van der Waals surface area contributed by atoms with Gasteiger partial charge in [-0.2, -0.15) is 0 Å². The number of carbonyl (C=O) groups is 1. The van der Waals surface area contributed by atoms with Crippen molar-refractivity contribution in [3.63, 3.8) is 0 Å². The van der Waals surface area contributed by atoms with Crippen LogP contribution >= 0.6 is 0 Å². The predicted octanol–water partition coefficient (Wildman–Crippen LogP) is 2.14. The summed E-state index contributed by atoms with van der Waals surface area (Å²) in [7, 11) is -2.80. The first kappa shape index (κ1) is 14.3. The molecule has 88 valence electrons. The molecule has 0 saturated heterocycles. The normalized spacial score (nSPS) is 11.1. The van der Waals surface area contributed by atoms with Crippen molar-refractivity contribution in [1.29, 1.82) is 0 Å². The molecule has 0 amide bonds. The molecule has 4 nitrogen and oxygen atoms in total. The molecule has 0 N–H and O–H groups in total. The Morgan fingerprint density at radius 2 is 1.80 bits per heavy atom. The molecule has 0 aliphatic heterocycles. The molecule has 0 radical (unpaired) electrons. The summed E-state index contributed by atoms with van der Waals surface area (Å²) in [6, 6.07) is 0.647. The SMILES string of the molecule is C=CC(=O)O[Si](CCC)(OCC)OCC. The van der Waals surface area contributed by atoms with Crippen molar-refractivity contribution >= 4 is 14.8 Å². The van der Waals surface area contributed by atoms with Crippen molar-refractivity contribution in [3.8, 4) is 0 Å². The van der Waals surface area contributed by atoms with Gasteiger partial charge in [0.2, 0.25) is 0 Å². The molecule has 0 bridgehead atoms. The smallest absolute Gasteiger partial charge is 0.470 e. The van der Waals surface area contributed by atoms with E-state index in [0.717, 1.165) is 12.5 Å². The second-order valence-electron chi connectivity index (χ2n) is 2.92. The fraction of sp³-hybridized carbons (Fsp3) is 0.700. The summed E-state index contributed by atoms with van der Waals surface area (Å²) in [4.78, 5) is 11.2. The number of rotatable bonds is 8. The molecule has 0 aromatic carbocycles.